The molecule has 1 aromatic rings. The van der Waals surface area contributed by atoms with E-state index in [1.165, 1.54) is 12.1 Å². The highest BCUT2D eigenvalue weighted by molar-refractivity contribution is 9.10. The second kappa shape index (κ2) is 5.46. The van der Waals surface area contributed by atoms with Gasteiger partial charge in [-0.1, -0.05) is 0 Å². The number of benzene rings is 1. The lowest BCUT2D eigenvalue weighted by molar-refractivity contribution is -0.131. The molecule has 1 saturated heterocycles. The first kappa shape index (κ1) is 14.9. The third-order valence-electron chi connectivity index (χ3n) is 3.16. The van der Waals surface area contributed by atoms with Crippen LogP contribution in [0.3, 0.4) is 0 Å². The summed E-state index contributed by atoms with van der Waals surface area (Å²) in [7, 11) is 0. The van der Waals surface area contributed by atoms with E-state index in [4.69, 9.17) is 4.74 Å². The van der Waals surface area contributed by atoms with Crippen molar-refractivity contribution in [3.05, 3.63) is 33.8 Å². The summed E-state index contributed by atoms with van der Waals surface area (Å²) < 4.78 is 33.8. The molecule has 1 atom stereocenters. The second-order valence-electron chi connectivity index (χ2n) is 5.68. The number of nitrogens with zero attached hydrogens (tertiary/aromatic N) is 1. The molecule has 0 radical (unpaired) electrons. The molecule has 0 aliphatic carbocycles. The molecule has 0 N–H and O–H groups in total. The van der Waals surface area contributed by atoms with Crippen LogP contribution in [-0.2, 0) is 11.3 Å². The Kier molecular flexibility index (Phi) is 4.28. The molecule has 1 aliphatic rings. The lowest BCUT2D eigenvalue weighted by atomic mass is 10.0. The summed E-state index contributed by atoms with van der Waals surface area (Å²) in [5, 5.41) is 0. The third-order valence-corrected chi connectivity index (χ3v) is 3.77. The summed E-state index contributed by atoms with van der Waals surface area (Å²) in [6, 6.07) is 2.68. The zero-order valence-corrected chi connectivity index (χ0v) is 12.9. The van der Waals surface area contributed by atoms with Crippen molar-refractivity contribution in [2.75, 3.05) is 13.1 Å². The number of ether oxygens (including phenoxy) is 1. The molecule has 19 heavy (non-hydrogen) atoms. The zero-order valence-electron chi connectivity index (χ0n) is 11.3. The summed E-state index contributed by atoms with van der Waals surface area (Å²) >= 11 is 3.09. The van der Waals surface area contributed by atoms with Crippen LogP contribution in [0.2, 0.25) is 0 Å². The van der Waals surface area contributed by atoms with Crippen molar-refractivity contribution < 1.29 is 13.5 Å². The maximum atomic E-state index is 14.0. The average molecular weight is 334 g/mol. The van der Waals surface area contributed by atoms with Crippen molar-refractivity contribution in [3.63, 3.8) is 0 Å². The molecule has 106 valence electrons. The van der Waals surface area contributed by atoms with E-state index >= 15 is 0 Å². The number of halogens is 3. The van der Waals surface area contributed by atoms with Gasteiger partial charge in [-0.05, 0) is 48.8 Å². The van der Waals surface area contributed by atoms with Crippen LogP contribution in [0.4, 0.5) is 8.78 Å². The highest BCUT2D eigenvalue weighted by Gasteiger charge is 2.32. The van der Waals surface area contributed by atoms with Gasteiger partial charge in [0.2, 0.25) is 0 Å². The molecule has 1 aliphatic heterocycles. The molecule has 1 unspecified atom stereocenters. The van der Waals surface area contributed by atoms with E-state index in [0.29, 0.717) is 17.6 Å². The van der Waals surface area contributed by atoms with Gasteiger partial charge in [-0.2, -0.15) is 0 Å². The van der Waals surface area contributed by atoms with Gasteiger partial charge in [0.1, 0.15) is 11.6 Å². The summed E-state index contributed by atoms with van der Waals surface area (Å²) in [6.07, 6.45) is 0.0574. The SMILES string of the molecule is CC1CN(Cc2c(F)ccc(Br)c2F)CC(C)(C)O1. The van der Waals surface area contributed by atoms with Crippen LogP contribution in [0.25, 0.3) is 0 Å². The molecule has 0 bridgehead atoms. The molecule has 0 spiro atoms. The topological polar surface area (TPSA) is 12.5 Å². The van der Waals surface area contributed by atoms with Crippen LogP contribution >= 0.6 is 15.9 Å². The molecule has 2 nitrogen and oxygen atoms in total. The standard InChI is InChI=1S/C14H18BrF2NO/c1-9-6-18(8-14(2,3)19-9)7-10-12(16)5-4-11(15)13(10)17/h4-5,9H,6-8H2,1-3H3. The molecule has 1 fully saturated rings. The van der Waals surface area contributed by atoms with Crippen LogP contribution in [0.5, 0.6) is 0 Å². The van der Waals surface area contributed by atoms with Crippen molar-refractivity contribution in [3.8, 4) is 0 Å². The summed E-state index contributed by atoms with van der Waals surface area (Å²) in [5.41, 5.74) is -0.185. The molecule has 1 aromatic carbocycles. The lowest BCUT2D eigenvalue weighted by Crippen LogP contribution is -2.51. The van der Waals surface area contributed by atoms with Crippen molar-refractivity contribution in [2.24, 2.45) is 0 Å². The largest absolute Gasteiger partial charge is 0.370 e. The Bertz CT molecular complexity index is 479. The smallest absolute Gasteiger partial charge is 0.144 e. The molecule has 5 heteroatoms. The summed E-state index contributed by atoms with van der Waals surface area (Å²) in [6.45, 7) is 7.54. The highest BCUT2D eigenvalue weighted by Crippen LogP contribution is 2.26. The third kappa shape index (κ3) is 3.52. The fraction of sp³-hybridized carbons (Fsp3) is 0.571. The maximum absolute atomic E-state index is 14.0. The van der Waals surface area contributed by atoms with Gasteiger partial charge in [0, 0.05) is 25.2 Å². The predicted octanol–water partition coefficient (Wildman–Crippen LogP) is 3.73. The molecule has 0 aromatic heterocycles. The summed E-state index contributed by atoms with van der Waals surface area (Å²) in [4.78, 5) is 2.03. The molecule has 2 rings (SSSR count). The molecular formula is C14H18BrF2NO. The van der Waals surface area contributed by atoms with Gasteiger partial charge < -0.3 is 4.74 Å². The van der Waals surface area contributed by atoms with Gasteiger partial charge in [0.05, 0.1) is 16.2 Å². The minimum absolute atomic E-state index is 0.0574. The Morgan fingerprint density at radius 3 is 2.74 bits per heavy atom. The quantitative estimate of drug-likeness (QED) is 0.764. The predicted molar refractivity (Wildman–Crippen MR) is 74.0 cm³/mol. The van der Waals surface area contributed by atoms with Crippen LogP contribution in [0.1, 0.15) is 26.3 Å². The minimum Gasteiger partial charge on any atom is -0.370 e. The van der Waals surface area contributed by atoms with Crippen LogP contribution in [0.15, 0.2) is 16.6 Å². The number of hydrogen-bond donors (Lipinski definition) is 0. The Hall–Kier alpha value is -0.520. The number of hydrogen-bond acceptors (Lipinski definition) is 2. The molecule has 0 amide bonds. The summed E-state index contributed by atoms with van der Waals surface area (Å²) in [5.74, 6) is -1.02. The number of morpholine rings is 1. The number of rotatable bonds is 2. The maximum Gasteiger partial charge on any atom is 0.144 e. The van der Waals surface area contributed by atoms with Crippen LogP contribution in [0, 0.1) is 11.6 Å². The van der Waals surface area contributed by atoms with Gasteiger partial charge in [-0.15, -0.1) is 0 Å². The van der Waals surface area contributed by atoms with E-state index < -0.39 is 11.6 Å². The van der Waals surface area contributed by atoms with E-state index in [9.17, 15) is 8.78 Å². The zero-order chi connectivity index (χ0) is 14.2. The van der Waals surface area contributed by atoms with E-state index in [0.717, 1.165) is 0 Å². The minimum atomic E-state index is -0.517. The fourth-order valence-electron chi connectivity index (χ4n) is 2.64. The highest BCUT2D eigenvalue weighted by atomic mass is 79.9. The van der Waals surface area contributed by atoms with Crippen molar-refractivity contribution in [1.82, 2.24) is 4.90 Å². The van der Waals surface area contributed by atoms with Gasteiger partial charge >= 0.3 is 0 Å². The van der Waals surface area contributed by atoms with Crippen molar-refractivity contribution in [2.45, 2.75) is 39.0 Å². The first-order valence-electron chi connectivity index (χ1n) is 6.31. The second-order valence-corrected chi connectivity index (χ2v) is 6.53. The Morgan fingerprint density at radius 2 is 2.11 bits per heavy atom. The average Bonchev–Trinajstić information content (AvgIpc) is 2.27. The monoisotopic (exact) mass is 333 g/mol. The van der Waals surface area contributed by atoms with Gasteiger partial charge in [0.25, 0.3) is 0 Å². The lowest BCUT2D eigenvalue weighted by Gasteiger charge is -2.41. The van der Waals surface area contributed by atoms with E-state index in [1.807, 2.05) is 25.7 Å². The van der Waals surface area contributed by atoms with Gasteiger partial charge in [-0.25, -0.2) is 8.78 Å². The van der Waals surface area contributed by atoms with E-state index in [-0.39, 0.29) is 23.8 Å². The molecular weight excluding hydrogens is 316 g/mol. The normalized spacial score (nSPS) is 23.6. The first-order valence-corrected chi connectivity index (χ1v) is 7.10. The van der Waals surface area contributed by atoms with E-state index in [1.54, 1.807) is 0 Å². The Morgan fingerprint density at radius 1 is 1.42 bits per heavy atom. The Balaban J connectivity index is 2.19. The first-order chi connectivity index (χ1) is 8.78. The molecule has 0 saturated carbocycles. The van der Waals surface area contributed by atoms with Crippen LogP contribution < -0.4 is 0 Å². The van der Waals surface area contributed by atoms with Gasteiger partial charge in [-0.3, -0.25) is 4.90 Å². The van der Waals surface area contributed by atoms with E-state index in [2.05, 4.69) is 15.9 Å². The Labute approximate surface area is 120 Å². The molecule has 1 heterocycles. The van der Waals surface area contributed by atoms with Crippen molar-refractivity contribution >= 4 is 15.9 Å². The van der Waals surface area contributed by atoms with Crippen LogP contribution in [-0.4, -0.2) is 29.7 Å². The van der Waals surface area contributed by atoms with Crippen molar-refractivity contribution in [1.29, 1.82) is 0 Å². The van der Waals surface area contributed by atoms with Gasteiger partial charge in [0.15, 0.2) is 0 Å². The fourth-order valence-corrected chi connectivity index (χ4v) is 3.02.